The zero-order chi connectivity index (χ0) is 15.5. The van der Waals surface area contributed by atoms with Gasteiger partial charge in [0.05, 0.1) is 11.3 Å². The van der Waals surface area contributed by atoms with Gasteiger partial charge in [0.25, 0.3) is 5.91 Å². The third-order valence-electron chi connectivity index (χ3n) is 3.26. The van der Waals surface area contributed by atoms with Gasteiger partial charge in [0.2, 0.25) is 0 Å². The lowest BCUT2D eigenvalue weighted by Gasteiger charge is -2.05. The number of rotatable bonds is 4. The van der Waals surface area contributed by atoms with E-state index in [2.05, 4.69) is 10.3 Å². The largest absolute Gasteiger partial charge is 0.352 e. The summed E-state index contributed by atoms with van der Waals surface area (Å²) in [6.45, 7) is 0.319. The molecular weight excluding hydrogens is 288 g/mol. The Hall–Kier alpha value is -2.76. The van der Waals surface area contributed by atoms with Crippen LogP contribution in [0.15, 0.2) is 48.8 Å². The van der Waals surface area contributed by atoms with E-state index in [1.54, 1.807) is 0 Å². The van der Waals surface area contributed by atoms with Crippen molar-refractivity contribution in [3.05, 3.63) is 71.7 Å². The molecule has 3 aromatic rings. The van der Waals surface area contributed by atoms with E-state index in [0.29, 0.717) is 19.0 Å². The molecule has 2 heterocycles. The molecule has 22 heavy (non-hydrogen) atoms. The van der Waals surface area contributed by atoms with Crippen molar-refractivity contribution >= 4 is 11.6 Å². The molecule has 1 amide bonds. The third kappa shape index (κ3) is 2.95. The number of amides is 1. The first kappa shape index (κ1) is 14.2. The predicted molar refractivity (Wildman–Crippen MR) is 77.6 cm³/mol. The molecule has 1 aromatic carbocycles. The van der Waals surface area contributed by atoms with Crippen LogP contribution < -0.4 is 5.32 Å². The maximum atomic E-state index is 13.5. The van der Waals surface area contributed by atoms with Crippen LogP contribution in [0.25, 0.3) is 5.65 Å². The summed E-state index contributed by atoms with van der Waals surface area (Å²) in [5.74, 6) is -2.15. The molecular formula is C16H13F2N3O. The van der Waals surface area contributed by atoms with Crippen LogP contribution in [0.3, 0.4) is 0 Å². The van der Waals surface area contributed by atoms with E-state index in [-0.39, 0.29) is 5.56 Å². The number of halogens is 2. The van der Waals surface area contributed by atoms with Gasteiger partial charge in [-0.1, -0.05) is 6.07 Å². The van der Waals surface area contributed by atoms with Crippen molar-refractivity contribution in [3.8, 4) is 0 Å². The van der Waals surface area contributed by atoms with Crippen LogP contribution in [0, 0.1) is 11.6 Å². The number of imidazole rings is 1. The number of carbonyl (C=O) groups is 1. The molecule has 6 heteroatoms. The average molecular weight is 301 g/mol. The summed E-state index contributed by atoms with van der Waals surface area (Å²) < 4.78 is 28.2. The molecule has 0 bridgehead atoms. The minimum atomic E-state index is -0.870. The van der Waals surface area contributed by atoms with Gasteiger partial charge in [-0.3, -0.25) is 4.79 Å². The maximum Gasteiger partial charge on any atom is 0.254 e. The van der Waals surface area contributed by atoms with Crippen LogP contribution in [0.5, 0.6) is 0 Å². The van der Waals surface area contributed by atoms with E-state index < -0.39 is 17.5 Å². The van der Waals surface area contributed by atoms with Gasteiger partial charge in [-0.15, -0.1) is 0 Å². The van der Waals surface area contributed by atoms with Gasteiger partial charge < -0.3 is 9.72 Å². The first-order chi connectivity index (χ1) is 10.6. The molecule has 1 N–H and O–H groups in total. The lowest BCUT2D eigenvalue weighted by molar-refractivity contribution is 0.0950. The number of aromatic nitrogens is 2. The fourth-order valence-corrected chi connectivity index (χ4v) is 2.18. The molecule has 112 valence electrons. The Kier molecular flexibility index (Phi) is 3.82. The monoisotopic (exact) mass is 301 g/mol. The van der Waals surface area contributed by atoms with Gasteiger partial charge in [-0.05, 0) is 24.3 Å². The molecule has 0 spiro atoms. The third-order valence-corrected chi connectivity index (χ3v) is 3.26. The Morgan fingerprint density at radius 1 is 1.23 bits per heavy atom. The van der Waals surface area contributed by atoms with Crippen molar-refractivity contribution < 1.29 is 13.6 Å². The second kappa shape index (κ2) is 5.93. The first-order valence-corrected chi connectivity index (χ1v) is 6.79. The van der Waals surface area contributed by atoms with Gasteiger partial charge in [0.15, 0.2) is 0 Å². The number of carbonyl (C=O) groups excluding carboxylic acids is 1. The molecule has 0 radical (unpaired) electrons. The van der Waals surface area contributed by atoms with Crippen LogP contribution in [0.4, 0.5) is 8.78 Å². The van der Waals surface area contributed by atoms with Gasteiger partial charge in [0, 0.05) is 31.4 Å². The summed E-state index contributed by atoms with van der Waals surface area (Å²) in [7, 11) is 0. The molecule has 2 aromatic heterocycles. The fourth-order valence-electron chi connectivity index (χ4n) is 2.18. The van der Waals surface area contributed by atoms with Crippen molar-refractivity contribution in [3.63, 3.8) is 0 Å². The molecule has 0 aliphatic heterocycles. The second-order valence-corrected chi connectivity index (χ2v) is 4.83. The standard InChI is InChI=1S/C16H13F2N3O/c17-11-4-5-13(14(18)9-11)16(22)19-7-6-12-10-21-8-2-1-3-15(21)20-12/h1-5,8-10H,6-7H2,(H,19,22). The quantitative estimate of drug-likeness (QED) is 0.805. The number of pyridine rings is 1. The van der Waals surface area contributed by atoms with E-state index >= 15 is 0 Å². The van der Waals surface area contributed by atoms with Gasteiger partial charge in [-0.2, -0.15) is 0 Å². The Morgan fingerprint density at radius 2 is 2.09 bits per heavy atom. The number of nitrogens with zero attached hydrogens (tertiary/aromatic N) is 2. The van der Waals surface area contributed by atoms with Gasteiger partial charge in [0.1, 0.15) is 17.3 Å². The first-order valence-electron chi connectivity index (χ1n) is 6.79. The number of hydrogen-bond acceptors (Lipinski definition) is 2. The predicted octanol–water partition coefficient (Wildman–Crippen LogP) is 2.59. The second-order valence-electron chi connectivity index (χ2n) is 4.83. The minimum absolute atomic E-state index is 0.170. The highest BCUT2D eigenvalue weighted by atomic mass is 19.1. The molecule has 0 aliphatic rings. The van der Waals surface area contributed by atoms with E-state index in [0.717, 1.165) is 23.5 Å². The minimum Gasteiger partial charge on any atom is -0.352 e. The number of hydrogen-bond donors (Lipinski definition) is 1. The summed E-state index contributed by atoms with van der Waals surface area (Å²) in [6.07, 6.45) is 4.29. The van der Waals surface area contributed by atoms with Crippen LogP contribution in [-0.4, -0.2) is 21.8 Å². The molecule has 0 fully saturated rings. The molecule has 4 nitrogen and oxygen atoms in total. The normalized spacial score (nSPS) is 10.8. The van der Waals surface area contributed by atoms with Crippen LogP contribution in [-0.2, 0) is 6.42 Å². The lowest BCUT2D eigenvalue weighted by atomic mass is 10.2. The van der Waals surface area contributed by atoms with Crippen molar-refractivity contribution in [2.75, 3.05) is 6.54 Å². The van der Waals surface area contributed by atoms with Crippen LogP contribution in [0.1, 0.15) is 16.1 Å². The maximum absolute atomic E-state index is 13.5. The van der Waals surface area contributed by atoms with Crippen LogP contribution in [0.2, 0.25) is 0 Å². The summed E-state index contributed by atoms with van der Waals surface area (Å²) >= 11 is 0. The topological polar surface area (TPSA) is 46.4 Å². The zero-order valence-electron chi connectivity index (χ0n) is 11.6. The van der Waals surface area contributed by atoms with Crippen molar-refractivity contribution in [1.29, 1.82) is 0 Å². The van der Waals surface area contributed by atoms with Crippen molar-refractivity contribution in [2.24, 2.45) is 0 Å². The summed E-state index contributed by atoms with van der Waals surface area (Å²) in [4.78, 5) is 16.2. The van der Waals surface area contributed by atoms with Crippen molar-refractivity contribution in [2.45, 2.75) is 6.42 Å². The Bertz CT molecular complexity index is 796. The summed E-state index contributed by atoms with van der Waals surface area (Å²) in [5.41, 5.74) is 1.48. The number of fused-ring (bicyclic) bond motifs is 1. The smallest absolute Gasteiger partial charge is 0.254 e. The number of benzene rings is 1. The Morgan fingerprint density at radius 3 is 2.86 bits per heavy atom. The van der Waals surface area contributed by atoms with E-state index in [4.69, 9.17) is 0 Å². The molecule has 0 unspecified atom stereocenters. The van der Waals surface area contributed by atoms with E-state index in [1.165, 1.54) is 0 Å². The summed E-state index contributed by atoms with van der Waals surface area (Å²) in [6, 6.07) is 8.56. The Balaban J connectivity index is 1.61. The lowest BCUT2D eigenvalue weighted by Crippen LogP contribution is -2.26. The highest BCUT2D eigenvalue weighted by Gasteiger charge is 2.12. The molecule has 0 aliphatic carbocycles. The molecule has 3 rings (SSSR count). The number of nitrogens with one attached hydrogen (secondary N) is 1. The molecule has 0 atom stereocenters. The molecule has 0 saturated heterocycles. The summed E-state index contributed by atoms with van der Waals surface area (Å²) in [5, 5.41) is 2.60. The highest BCUT2D eigenvalue weighted by Crippen LogP contribution is 2.09. The molecule has 0 saturated carbocycles. The average Bonchev–Trinajstić information content (AvgIpc) is 2.89. The van der Waals surface area contributed by atoms with E-state index in [9.17, 15) is 13.6 Å². The van der Waals surface area contributed by atoms with Crippen LogP contribution >= 0.6 is 0 Å². The highest BCUT2D eigenvalue weighted by molar-refractivity contribution is 5.94. The Labute approximate surface area is 125 Å². The fraction of sp³-hybridized carbons (Fsp3) is 0.125. The van der Waals surface area contributed by atoms with Gasteiger partial charge >= 0.3 is 0 Å². The van der Waals surface area contributed by atoms with E-state index in [1.807, 2.05) is 35.0 Å². The van der Waals surface area contributed by atoms with Crippen molar-refractivity contribution in [1.82, 2.24) is 14.7 Å². The zero-order valence-corrected chi connectivity index (χ0v) is 11.6. The SMILES string of the molecule is O=C(NCCc1cn2ccccc2n1)c1ccc(F)cc1F. The van der Waals surface area contributed by atoms with Gasteiger partial charge in [-0.25, -0.2) is 13.8 Å².